The van der Waals surface area contributed by atoms with E-state index < -0.39 is 35.1 Å². The van der Waals surface area contributed by atoms with Crippen molar-refractivity contribution in [3.8, 4) is 0 Å². The smallest absolute Gasteiger partial charge is 0.223 e. The Morgan fingerprint density at radius 1 is 0.857 bits per heavy atom. The summed E-state index contributed by atoms with van der Waals surface area (Å²) in [5, 5.41) is -1.07. The molecule has 0 aliphatic heterocycles. The Morgan fingerprint density at radius 3 is 1.71 bits per heavy atom. The first-order chi connectivity index (χ1) is 12.8. The topological polar surface area (TPSA) is 68.3 Å². The highest BCUT2D eigenvalue weighted by atomic mass is 36.0. The van der Waals surface area contributed by atoms with Gasteiger partial charge in [-0.2, -0.15) is 21.6 Å². The van der Waals surface area contributed by atoms with E-state index in [-0.39, 0.29) is 4.90 Å². The molecular weight excluding hydrogens is 484 g/mol. The molecule has 154 valence electrons. The van der Waals surface area contributed by atoms with Crippen LogP contribution in [0, 0.1) is 0 Å². The highest BCUT2D eigenvalue weighted by molar-refractivity contribution is 8.31. The molecule has 2 aromatic carbocycles. The van der Waals surface area contributed by atoms with E-state index in [1.165, 1.54) is 6.08 Å². The minimum absolute atomic E-state index is 0.200. The highest BCUT2D eigenvalue weighted by Crippen LogP contribution is 2.33. The SMILES string of the molecule is O=S(=O)(Cl)Cl.O=S(=O)(c1ccc(C(F)(F)F)cc1)C(C=CCl)c1ccccc1. The maximum atomic E-state index is 12.7. The standard InChI is InChI=1S/C16H12ClF3O2S.Cl2O2S/c17-11-10-15(12-4-2-1-3-5-12)23(21,22)14-8-6-13(7-9-14)16(18,19)20;1-5(2,3)4/h1-11,15H;. The Hall–Kier alpha value is -1.26. The van der Waals surface area contributed by atoms with E-state index >= 15 is 0 Å². The van der Waals surface area contributed by atoms with Gasteiger partial charge in [0, 0.05) is 26.9 Å². The summed E-state index contributed by atoms with van der Waals surface area (Å²) < 4.78 is 81.5. The Bertz CT molecular complexity index is 997. The van der Waals surface area contributed by atoms with Gasteiger partial charge < -0.3 is 0 Å². The Labute approximate surface area is 174 Å². The summed E-state index contributed by atoms with van der Waals surface area (Å²) in [6.45, 7) is 0. The van der Waals surface area contributed by atoms with Crippen molar-refractivity contribution in [2.75, 3.05) is 0 Å². The van der Waals surface area contributed by atoms with Gasteiger partial charge in [0.25, 0.3) is 0 Å². The van der Waals surface area contributed by atoms with Gasteiger partial charge in [0.05, 0.1) is 10.5 Å². The largest absolute Gasteiger partial charge is 0.416 e. The van der Waals surface area contributed by atoms with Crippen molar-refractivity contribution in [2.24, 2.45) is 0 Å². The van der Waals surface area contributed by atoms with Gasteiger partial charge in [-0.25, -0.2) is 8.42 Å². The number of rotatable bonds is 4. The van der Waals surface area contributed by atoms with E-state index in [0.29, 0.717) is 5.56 Å². The lowest BCUT2D eigenvalue weighted by Crippen LogP contribution is -2.12. The number of hydrogen-bond donors (Lipinski definition) is 0. The molecule has 12 heteroatoms. The molecule has 1 atom stereocenters. The van der Waals surface area contributed by atoms with Gasteiger partial charge in [-0.15, -0.1) is 0 Å². The Morgan fingerprint density at radius 2 is 1.32 bits per heavy atom. The van der Waals surface area contributed by atoms with Crippen molar-refractivity contribution in [1.82, 2.24) is 0 Å². The normalized spacial score (nSPS) is 13.6. The van der Waals surface area contributed by atoms with Crippen LogP contribution in [0.4, 0.5) is 13.2 Å². The second-order valence-corrected chi connectivity index (χ2v) is 11.1. The van der Waals surface area contributed by atoms with Crippen LogP contribution in [0.3, 0.4) is 0 Å². The number of hydrogen-bond acceptors (Lipinski definition) is 4. The van der Waals surface area contributed by atoms with Gasteiger partial charge in [-0.3, -0.25) is 0 Å². The van der Waals surface area contributed by atoms with Crippen LogP contribution in [0.5, 0.6) is 0 Å². The summed E-state index contributed by atoms with van der Waals surface area (Å²) in [5.41, 5.74) is 0.657. The van der Waals surface area contributed by atoms with Crippen LogP contribution in [-0.4, -0.2) is 16.8 Å². The van der Waals surface area contributed by atoms with Crippen molar-refractivity contribution in [1.29, 1.82) is 0 Å². The summed E-state index contributed by atoms with van der Waals surface area (Å²) in [4.78, 5) is -0.200. The monoisotopic (exact) mass is 494 g/mol. The molecule has 0 saturated heterocycles. The maximum absolute atomic E-state index is 12.7. The molecule has 0 amide bonds. The molecular formula is C16H12Cl3F3O4S2. The van der Waals surface area contributed by atoms with Gasteiger partial charge in [0.15, 0.2) is 9.84 Å². The summed E-state index contributed by atoms with van der Waals surface area (Å²) in [5.74, 6) is 0. The first kappa shape index (κ1) is 24.8. The van der Waals surface area contributed by atoms with Crippen LogP contribution in [-0.2, 0) is 24.3 Å². The fraction of sp³-hybridized carbons (Fsp3) is 0.125. The zero-order valence-corrected chi connectivity index (χ0v) is 17.5. The minimum atomic E-state index is -4.52. The number of halogens is 6. The number of sulfone groups is 1. The molecule has 0 saturated carbocycles. The van der Waals surface area contributed by atoms with E-state index in [1.54, 1.807) is 30.3 Å². The first-order valence-electron chi connectivity index (χ1n) is 7.14. The van der Waals surface area contributed by atoms with Crippen molar-refractivity contribution < 1.29 is 30.0 Å². The lowest BCUT2D eigenvalue weighted by atomic mass is 10.1. The molecule has 28 heavy (non-hydrogen) atoms. The molecule has 0 aromatic heterocycles. The van der Waals surface area contributed by atoms with E-state index in [1.807, 2.05) is 0 Å². The molecule has 4 nitrogen and oxygen atoms in total. The molecule has 0 N–H and O–H groups in total. The summed E-state index contributed by atoms with van der Waals surface area (Å²) in [7, 11) is 0.896. The van der Waals surface area contributed by atoms with Gasteiger partial charge >= 0.3 is 14.4 Å². The van der Waals surface area contributed by atoms with Crippen molar-refractivity contribution in [2.45, 2.75) is 16.3 Å². The number of alkyl halides is 3. The fourth-order valence-electron chi connectivity index (χ4n) is 2.08. The molecule has 0 radical (unpaired) electrons. The molecule has 0 spiro atoms. The zero-order chi connectivity index (χ0) is 21.6. The van der Waals surface area contributed by atoms with Crippen LogP contribution in [0.15, 0.2) is 71.1 Å². The van der Waals surface area contributed by atoms with Crippen molar-refractivity contribution >= 4 is 51.1 Å². The summed E-state index contributed by atoms with van der Waals surface area (Å²) >= 11 is 5.53. The van der Waals surface area contributed by atoms with Crippen LogP contribution in [0.2, 0.25) is 0 Å². The minimum Gasteiger partial charge on any atom is -0.223 e. The predicted octanol–water partition coefficient (Wildman–Crippen LogP) is 5.68. The Balaban J connectivity index is 0.000000696. The van der Waals surface area contributed by atoms with E-state index in [4.69, 9.17) is 20.0 Å². The fourth-order valence-corrected chi connectivity index (χ4v) is 3.92. The maximum Gasteiger partial charge on any atom is 0.416 e. The van der Waals surface area contributed by atoms with Gasteiger partial charge in [-0.1, -0.05) is 48.0 Å². The predicted molar refractivity (Wildman–Crippen MR) is 103 cm³/mol. The summed E-state index contributed by atoms with van der Waals surface area (Å²) in [6.07, 6.45) is -3.24. The average Bonchev–Trinajstić information content (AvgIpc) is 2.58. The van der Waals surface area contributed by atoms with Gasteiger partial charge in [-0.05, 0) is 29.8 Å². The zero-order valence-electron chi connectivity index (χ0n) is 13.6. The molecule has 1 unspecified atom stereocenters. The molecule has 2 aromatic rings. The van der Waals surface area contributed by atoms with Crippen LogP contribution < -0.4 is 0 Å². The third kappa shape index (κ3) is 8.00. The third-order valence-corrected chi connectivity index (χ3v) is 5.39. The molecule has 0 fully saturated rings. The third-order valence-electron chi connectivity index (χ3n) is 3.22. The van der Waals surface area contributed by atoms with Crippen LogP contribution >= 0.6 is 33.0 Å². The molecule has 0 bridgehead atoms. The van der Waals surface area contributed by atoms with Crippen LogP contribution in [0.1, 0.15) is 16.4 Å². The quantitative estimate of drug-likeness (QED) is 0.512. The van der Waals surface area contributed by atoms with Crippen molar-refractivity contribution in [3.05, 3.63) is 77.3 Å². The second kappa shape index (κ2) is 9.98. The van der Waals surface area contributed by atoms with Crippen molar-refractivity contribution in [3.63, 3.8) is 0 Å². The molecule has 0 aliphatic rings. The van der Waals surface area contributed by atoms with E-state index in [2.05, 4.69) is 21.4 Å². The average molecular weight is 496 g/mol. The molecule has 2 rings (SSSR count). The van der Waals surface area contributed by atoms with Gasteiger partial charge in [0.2, 0.25) is 0 Å². The van der Waals surface area contributed by atoms with Gasteiger partial charge in [0.1, 0.15) is 5.25 Å². The van der Waals surface area contributed by atoms with E-state index in [9.17, 15) is 21.6 Å². The molecule has 0 aliphatic carbocycles. The number of benzene rings is 2. The molecule has 0 heterocycles. The second-order valence-electron chi connectivity index (χ2n) is 5.10. The Kier molecular flexibility index (Phi) is 8.83. The highest BCUT2D eigenvalue weighted by Gasteiger charge is 2.32. The van der Waals surface area contributed by atoms with E-state index in [0.717, 1.165) is 29.8 Å². The lowest BCUT2D eigenvalue weighted by Gasteiger charge is -2.15. The van der Waals surface area contributed by atoms with Crippen LogP contribution in [0.25, 0.3) is 0 Å². The first-order valence-corrected chi connectivity index (χ1v) is 12.3. The lowest BCUT2D eigenvalue weighted by molar-refractivity contribution is -0.137. The summed E-state index contributed by atoms with van der Waals surface area (Å²) in [6, 6.07) is 11.7.